The van der Waals surface area contributed by atoms with E-state index in [-0.39, 0.29) is 11.3 Å². The summed E-state index contributed by atoms with van der Waals surface area (Å²) in [6.45, 7) is 6.54. The first kappa shape index (κ1) is 22.4. The van der Waals surface area contributed by atoms with Crippen LogP contribution in [0.5, 0.6) is 0 Å². The third kappa shape index (κ3) is 2.93. The summed E-state index contributed by atoms with van der Waals surface area (Å²) in [7, 11) is 0. The average molecular weight is 501 g/mol. The maximum Gasteiger partial charge on any atom is 0.233 e. The van der Waals surface area contributed by atoms with Crippen molar-refractivity contribution < 1.29 is 4.79 Å². The molecule has 1 aromatic heterocycles. The number of nitrogens with zero attached hydrogens (tertiary/aromatic N) is 1. The minimum atomic E-state index is -0.662. The van der Waals surface area contributed by atoms with Crippen LogP contribution in [0.15, 0.2) is 102 Å². The molecule has 1 spiro atoms. The standard InChI is InChI=1S/C33H28N2OS/c1-21-15-16-25(24-12-5-4-11-23(21)24)28-19-37-30(34-28)35-29(36)32(3)20-31(2)22-10-8-9-17-33(32,18-22)27-14-7-6-13-26(27)31/h4-19H,20H2,1-3H3,(H,34,35,36). The Morgan fingerprint density at radius 1 is 0.946 bits per heavy atom. The van der Waals surface area contributed by atoms with Gasteiger partial charge in [-0.15, -0.1) is 11.3 Å². The summed E-state index contributed by atoms with van der Waals surface area (Å²) in [5.74, 6) is 0.0183. The number of amides is 1. The topological polar surface area (TPSA) is 42.0 Å². The Kier molecular flexibility index (Phi) is 4.62. The van der Waals surface area contributed by atoms with Gasteiger partial charge in [0.2, 0.25) is 5.91 Å². The highest BCUT2D eigenvalue weighted by Gasteiger charge is 2.63. The van der Waals surface area contributed by atoms with Gasteiger partial charge < -0.3 is 5.32 Å². The van der Waals surface area contributed by atoms with Crippen molar-refractivity contribution in [3.63, 3.8) is 0 Å². The molecule has 8 rings (SSSR count). The number of carbonyl (C=O) groups is 1. The lowest BCUT2D eigenvalue weighted by Gasteiger charge is -2.59. The Balaban J connectivity index is 1.28. The van der Waals surface area contributed by atoms with Crippen LogP contribution in [0.4, 0.5) is 5.13 Å². The van der Waals surface area contributed by atoms with Crippen LogP contribution in [-0.4, -0.2) is 10.9 Å². The van der Waals surface area contributed by atoms with Crippen molar-refractivity contribution in [2.45, 2.75) is 38.0 Å². The predicted molar refractivity (Wildman–Crippen MR) is 153 cm³/mol. The second-order valence-corrected chi connectivity index (χ2v) is 11.9. The van der Waals surface area contributed by atoms with E-state index in [9.17, 15) is 4.79 Å². The van der Waals surface area contributed by atoms with Crippen molar-refractivity contribution in [3.8, 4) is 11.3 Å². The summed E-state index contributed by atoms with van der Waals surface area (Å²) >= 11 is 1.49. The largest absolute Gasteiger partial charge is 0.301 e. The SMILES string of the molecule is Cc1ccc(-c2csc(NC(=O)C3(C)CC4(C)C5=CC3(C=CC=C5)c3ccccc34)n2)c2ccccc12. The summed E-state index contributed by atoms with van der Waals surface area (Å²) in [5, 5.41) is 8.33. The molecule has 182 valence electrons. The van der Waals surface area contributed by atoms with Crippen molar-refractivity contribution in [1.29, 1.82) is 0 Å². The van der Waals surface area contributed by atoms with Crippen LogP contribution in [0.3, 0.4) is 0 Å². The van der Waals surface area contributed by atoms with Gasteiger partial charge in [0, 0.05) is 21.8 Å². The first-order chi connectivity index (χ1) is 17.9. The summed E-state index contributed by atoms with van der Waals surface area (Å²) < 4.78 is 0. The van der Waals surface area contributed by atoms with Crippen LogP contribution in [0.2, 0.25) is 0 Å². The molecule has 0 aliphatic heterocycles. The van der Waals surface area contributed by atoms with E-state index in [1.54, 1.807) is 0 Å². The van der Waals surface area contributed by atoms with Crippen LogP contribution < -0.4 is 5.32 Å². The molecular formula is C33H28N2OS. The number of nitrogens with one attached hydrogen (secondary N) is 1. The van der Waals surface area contributed by atoms with E-state index in [0.29, 0.717) is 5.13 Å². The van der Waals surface area contributed by atoms with Gasteiger partial charge in [-0.3, -0.25) is 4.79 Å². The molecule has 3 atom stereocenters. The molecule has 3 nitrogen and oxygen atoms in total. The third-order valence-corrected chi connectivity index (χ3v) is 9.76. The van der Waals surface area contributed by atoms with Crippen LogP contribution in [0, 0.1) is 12.3 Å². The number of hydrogen-bond acceptors (Lipinski definition) is 3. The number of aromatic nitrogens is 1. The van der Waals surface area contributed by atoms with E-state index in [2.05, 4.69) is 117 Å². The van der Waals surface area contributed by atoms with Gasteiger partial charge in [0.15, 0.2) is 5.13 Å². The third-order valence-electron chi connectivity index (χ3n) is 9.00. The lowest BCUT2D eigenvalue weighted by atomic mass is 9.43. The van der Waals surface area contributed by atoms with E-state index < -0.39 is 10.8 Å². The highest BCUT2D eigenvalue weighted by atomic mass is 32.1. The van der Waals surface area contributed by atoms with Crippen molar-refractivity contribution in [2.75, 3.05) is 5.32 Å². The predicted octanol–water partition coefficient (Wildman–Crippen LogP) is 7.88. The maximum absolute atomic E-state index is 14.2. The number of carbonyl (C=O) groups excluding carboxylic acids is 1. The lowest BCUT2D eigenvalue weighted by Crippen LogP contribution is -2.60. The zero-order valence-electron chi connectivity index (χ0n) is 21.2. The minimum Gasteiger partial charge on any atom is -0.301 e. The average Bonchev–Trinajstić information content (AvgIpc) is 3.27. The van der Waals surface area contributed by atoms with Gasteiger partial charge in [0.25, 0.3) is 0 Å². The van der Waals surface area contributed by atoms with Gasteiger partial charge in [0.05, 0.1) is 11.1 Å². The molecule has 1 heterocycles. The Morgan fingerprint density at radius 2 is 1.70 bits per heavy atom. The van der Waals surface area contributed by atoms with Gasteiger partial charge in [-0.25, -0.2) is 4.98 Å². The number of rotatable bonds is 3. The molecule has 3 unspecified atom stereocenters. The molecule has 37 heavy (non-hydrogen) atoms. The van der Waals surface area contributed by atoms with Crippen LogP contribution >= 0.6 is 11.3 Å². The molecule has 0 saturated heterocycles. The monoisotopic (exact) mass is 500 g/mol. The zero-order valence-corrected chi connectivity index (χ0v) is 22.0. The second-order valence-electron chi connectivity index (χ2n) is 11.0. The molecule has 4 aliphatic carbocycles. The number of allylic oxidation sites excluding steroid dienone is 6. The quantitative estimate of drug-likeness (QED) is 0.311. The molecule has 4 aliphatic rings. The molecule has 3 aromatic carbocycles. The zero-order chi connectivity index (χ0) is 25.4. The second kappa shape index (κ2) is 7.62. The molecule has 3 bridgehead atoms. The van der Waals surface area contributed by atoms with Crippen LogP contribution in [0.25, 0.3) is 22.0 Å². The van der Waals surface area contributed by atoms with E-state index in [0.717, 1.165) is 17.7 Å². The van der Waals surface area contributed by atoms with Gasteiger partial charge in [-0.1, -0.05) is 98.0 Å². The number of aryl methyl sites for hydroxylation is 1. The van der Waals surface area contributed by atoms with E-state index in [1.807, 2.05) is 5.38 Å². The fourth-order valence-electron chi connectivity index (χ4n) is 7.02. The van der Waals surface area contributed by atoms with Crippen LogP contribution in [0.1, 0.15) is 37.0 Å². The number of thiazole rings is 1. The molecule has 4 aromatic rings. The molecule has 0 radical (unpaired) electrons. The Morgan fingerprint density at radius 3 is 2.54 bits per heavy atom. The number of anilines is 1. The van der Waals surface area contributed by atoms with E-state index in [4.69, 9.17) is 4.98 Å². The number of benzene rings is 3. The highest BCUT2D eigenvalue weighted by molar-refractivity contribution is 7.14. The summed E-state index contributed by atoms with van der Waals surface area (Å²) in [6.07, 6.45) is 11.7. The van der Waals surface area contributed by atoms with Crippen molar-refractivity contribution >= 4 is 33.1 Å². The van der Waals surface area contributed by atoms with E-state index >= 15 is 0 Å². The number of fused-ring (bicyclic) bond motifs is 2. The fraction of sp³-hybridized carbons (Fsp3) is 0.212. The van der Waals surface area contributed by atoms with Crippen molar-refractivity contribution in [3.05, 3.63) is 119 Å². The lowest BCUT2D eigenvalue weighted by molar-refractivity contribution is -0.129. The van der Waals surface area contributed by atoms with E-state index in [1.165, 1.54) is 44.4 Å². The molecule has 1 amide bonds. The van der Waals surface area contributed by atoms with Crippen LogP contribution in [-0.2, 0) is 15.6 Å². The first-order valence-electron chi connectivity index (χ1n) is 12.8. The normalized spacial score (nSPS) is 27.1. The smallest absolute Gasteiger partial charge is 0.233 e. The molecular weight excluding hydrogens is 472 g/mol. The van der Waals surface area contributed by atoms with Gasteiger partial charge >= 0.3 is 0 Å². The Hall–Kier alpha value is -3.76. The molecule has 0 saturated carbocycles. The minimum absolute atomic E-state index is 0.0183. The highest BCUT2D eigenvalue weighted by Crippen LogP contribution is 2.65. The Bertz CT molecular complexity index is 1710. The van der Waals surface area contributed by atoms with Gasteiger partial charge in [0.1, 0.15) is 0 Å². The van der Waals surface area contributed by atoms with Gasteiger partial charge in [-0.2, -0.15) is 0 Å². The van der Waals surface area contributed by atoms with Crippen molar-refractivity contribution in [2.24, 2.45) is 5.41 Å². The van der Waals surface area contributed by atoms with Gasteiger partial charge in [-0.05, 0) is 53.3 Å². The molecule has 0 fully saturated rings. The fourth-order valence-corrected chi connectivity index (χ4v) is 7.73. The van der Waals surface area contributed by atoms with Crippen molar-refractivity contribution in [1.82, 2.24) is 4.98 Å². The maximum atomic E-state index is 14.2. The summed E-state index contributed by atoms with van der Waals surface area (Å²) in [4.78, 5) is 19.1. The Labute approximate surface area is 221 Å². The first-order valence-corrected chi connectivity index (χ1v) is 13.7. The summed E-state index contributed by atoms with van der Waals surface area (Å²) in [6, 6.07) is 21.3. The number of hydrogen-bond donors (Lipinski definition) is 1. The summed E-state index contributed by atoms with van der Waals surface area (Å²) in [5.41, 5.74) is 5.70. The molecule has 4 heteroatoms. The molecule has 1 N–H and O–H groups in total.